The third-order valence-corrected chi connectivity index (χ3v) is 4.36. The predicted octanol–water partition coefficient (Wildman–Crippen LogP) is 3.68. The lowest BCUT2D eigenvalue weighted by atomic mass is 9.86. The van der Waals surface area contributed by atoms with Gasteiger partial charge in [0.2, 0.25) is 0 Å². The molecule has 1 N–H and O–H groups in total. The van der Waals surface area contributed by atoms with Gasteiger partial charge in [0.05, 0.1) is 0 Å². The highest BCUT2D eigenvalue weighted by atomic mass is 16.5. The molecule has 0 spiro atoms. The molecule has 0 saturated carbocycles. The van der Waals surface area contributed by atoms with Gasteiger partial charge in [0, 0.05) is 24.8 Å². The lowest BCUT2D eigenvalue weighted by Crippen LogP contribution is -2.33. The first-order chi connectivity index (χ1) is 10.8. The summed E-state index contributed by atoms with van der Waals surface area (Å²) in [7, 11) is 0. The van der Waals surface area contributed by atoms with Crippen LogP contribution in [0.3, 0.4) is 0 Å². The van der Waals surface area contributed by atoms with E-state index >= 15 is 0 Å². The number of nitrogens with zero attached hydrogens (tertiary/aromatic N) is 1. The molecule has 1 aromatic carbocycles. The average Bonchev–Trinajstić information content (AvgIpc) is 2.97. The zero-order valence-corrected chi connectivity index (χ0v) is 12.7. The van der Waals surface area contributed by atoms with Crippen molar-refractivity contribution in [1.29, 1.82) is 0 Å². The van der Waals surface area contributed by atoms with Crippen LogP contribution in [-0.4, -0.2) is 30.6 Å². The quantitative estimate of drug-likeness (QED) is 0.862. The molecule has 1 fully saturated rings. The summed E-state index contributed by atoms with van der Waals surface area (Å²) in [4.78, 5) is 14.4. The molecule has 22 heavy (non-hydrogen) atoms. The van der Waals surface area contributed by atoms with Crippen molar-refractivity contribution in [1.82, 2.24) is 4.90 Å². The van der Waals surface area contributed by atoms with E-state index in [2.05, 4.69) is 24.0 Å². The highest BCUT2D eigenvalue weighted by molar-refractivity contribution is 5.89. The summed E-state index contributed by atoms with van der Waals surface area (Å²) in [5.41, 5.74) is 0.763. The van der Waals surface area contributed by atoms with Crippen LogP contribution in [0.2, 0.25) is 0 Å². The van der Waals surface area contributed by atoms with Gasteiger partial charge in [0.1, 0.15) is 12.4 Å². The summed E-state index contributed by atoms with van der Waals surface area (Å²) in [6.45, 7) is 5.80. The zero-order chi connectivity index (χ0) is 15.4. The van der Waals surface area contributed by atoms with Crippen molar-refractivity contribution in [3.05, 3.63) is 49.1 Å². The number of carbonyl (C=O) groups excluding carboxylic acids is 1. The van der Waals surface area contributed by atoms with Crippen molar-refractivity contribution in [2.45, 2.75) is 12.8 Å². The molecular weight excluding hydrogens is 276 g/mol. The molecule has 3 rings (SSSR count). The minimum absolute atomic E-state index is 0.0183. The van der Waals surface area contributed by atoms with E-state index in [4.69, 9.17) is 4.74 Å². The molecule has 1 aromatic rings. The van der Waals surface area contributed by atoms with Gasteiger partial charge in [-0.1, -0.05) is 30.9 Å². The molecule has 0 aromatic heterocycles. The highest BCUT2D eigenvalue weighted by Crippen LogP contribution is 2.33. The maximum Gasteiger partial charge on any atom is 0.321 e. The Labute approximate surface area is 131 Å². The Morgan fingerprint density at radius 1 is 1.32 bits per heavy atom. The monoisotopic (exact) mass is 298 g/mol. The van der Waals surface area contributed by atoms with E-state index in [0.717, 1.165) is 37.4 Å². The van der Waals surface area contributed by atoms with Crippen LogP contribution in [0, 0.1) is 11.8 Å². The minimum Gasteiger partial charge on any atom is -0.489 e. The van der Waals surface area contributed by atoms with E-state index in [9.17, 15) is 4.79 Å². The Kier molecular flexibility index (Phi) is 4.47. The number of nitrogens with one attached hydrogen (secondary N) is 1. The summed E-state index contributed by atoms with van der Waals surface area (Å²) in [5.74, 6) is 1.98. The van der Waals surface area contributed by atoms with E-state index in [1.807, 2.05) is 29.2 Å². The summed E-state index contributed by atoms with van der Waals surface area (Å²) in [6.07, 6.45) is 8.37. The molecule has 2 unspecified atom stereocenters. The van der Waals surface area contributed by atoms with Crippen LogP contribution in [0.15, 0.2) is 49.1 Å². The molecule has 116 valence electrons. The van der Waals surface area contributed by atoms with Crippen LogP contribution in [0.25, 0.3) is 0 Å². The highest BCUT2D eigenvalue weighted by Gasteiger charge is 2.35. The molecule has 1 aliphatic carbocycles. The van der Waals surface area contributed by atoms with Crippen LogP contribution in [0.5, 0.6) is 5.75 Å². The van der Waals surface area contributed by atoms with E-state index in [0.29, 0.717) is 18.4 Å². The molecule has 0 radical (unpaired) electrons. The van der Waals surface area contributed by atoms with Crippen LogP contribution < -0.4 is 10.1 Å². The fraction of sp³-hybridized carbons (Fsp3) is 0.389. The number of ether oxygens (including phenoxy) is 1. The Morgan fingerprint density at radius 3 is 2.73 bits per heavy atom. The number of anilines is 1. The Hall–Kier alpha value is -2.23. The standard InChI is InChI=1S/C18H22N2O2/c1-2-10-22-17-9-5-8-16(11-17)19-18(21)20-12-14-6-3-4-7-15(14)13-20/h2-5,8-9,11,14-15H,1,6-7,10,12-13H2,(H,19,21). The number of hydrogen-bond acceptors (Lipinski definition) is 2. The van der Waals surface area contributed by atoms with Crippen molar-refractivity contribution in [3.8, 4) is 5.75 Å². The second-order valence-corrected chi connectivity index (χ2v) is 5.93. The first-order valence-electron chi connectivity index (χ1n) is 7.81. The van der Waals surface area contributed by atoms with Gasteiger partial charge in [0.15, 0.2) is 0 Å². The summed E-state index contributed by atoms with van der Waals surface area (Å²) < 4.78 is 5.49. The van der Waals surface area contributed by atoms with Gasteiger partial charge in [-0.25, -0.2) is 4.79 Å². The second kappa shape index (κ2) is 6.69. The van der Waals surface area contributed by atoms with Gasteiger partial charge in [-0.2, -0.15) is 0 Å². The number of carbonyl (C=O) groups is 1. The van der Waals surface area contributed by atoms with Gasteiger partial charge in [0.25, 0.3) is 0 Å². The van der Waals surface area contributed by atoms with Gasteiger partial charge >= 0.3 is 6.03 Å². The van der Waals surface area contributed by atoms with Crippen molar-refractivity contribution in [2.75, 3.05) is 25.0 Å². The maximum absolute atomic E-state index is 12.4. The number of rotatable bonds is 4. The molecule has 1 heterocycles. The molecule has 2 aliphatic rings. The minimum atomic E-state index is -0.0183. The lowest BCUT2D eigenvalue weighted by molar-refractivity contribution is 0.220. The molecule has 1 aliphatic heterocycles. The number of fused-ring (bicyclic) bond motifs is 1. The molecule has 4 nitrogen and oxygen atoms in total. The number of hydrogen-bond donors (Lipinski definition) is 1. The molecule has 0 bridgehead atoms. The van der Waals surface area contributed by atoms with Crippen LogP contribution in [0.1, 0.15) is 12.8 Å². The zero-order valence-electron chi connectivity index (χ0n) is 12.7. The van der Waals surface area contributed by atoms with Gasteiger partial charge in [-0.3, -0.25) is 0 Å². The fourth-order valence-corrected chi connectivity index (χ4v) is 3.20. The van der Waals surface area contributed by atoms with Crippen molar-refractivity contribution >= 4 is 11.7 Å². The molecule has 4 heteroatoms. The Morgan fingerprint density at radius 2 is 2.05 bits per heavy atom. The first kappa shape index (κ1) is 14.7. The van der Waals surface area contributed by atoms with E-state index in [1.165, 1.54) is 0 Å². The average molecular weight is 298 g/mol. The fourth-order valence-electron chi connectivity index (χ4n) is 3.20. The number of benzene rings is 1. The summed E-state index contributed by atoms with van der Waals surface area (Å²) >= 11 is 0. The second-order valence-electron chi connectivity index (χ2n) is 5.93. The van der Waals surface area contributed by atoms with E-state index < -0.39 is 0 Å². The smallest absolute Gasteiger partial charge is 0.321 e. The predicted molar refractivity (Wildman–Crippen MR) is 88.1 cm³/mol. The summed E-state index contributed by atoms with van der Waals surface area (Å²) in [6, 6.07) is 7.45. The number of urea groups is 1. The number of likely N-dealkylation sites (tertiary alicyclic amines) is 1. The van der Waals surface area contributed by atoms with Gasteiger partial charge < -0.3 is 15.0 Å². The van der Waals surface area contributed by atoms with E-state index in [1.54, 1.807) is 6.08 Å². The van der Waals surface area contributed by atoms with E-state index in [-0.39, 0.29) is 6.03 Å². The van der Waals surface area contributed by atoms with Gasteiger partial charge in [-0.15, -0.1) is 0 Å². The molecular formula is C18H22N2O2. The summed E-state index contributed by atoms with van der Waals surface area (Å²) in [5, 5.41) is 2.97. The molecule has 2 amide bonds. The van der Waals surface area contributed by atoms with Crippen molar-refractivity contribution < 1.29 is 9.53 Å². The van der Waals surface area contributed by atoms with Crippen LogP contribution >= 0.6 is 0 Å². The van der Waals surface area contributed by atoms with Crippen LogP contribution in [0.4, 0.5) is 10.5 Å². The van der Waals surface area contributed by atoms with Crippen molar-refractivity contribution in [2.24, 2.45) is 11.8 Å². The normalized spacial score (nSPS) is 23.0. The third-order valence-electron chi connectivity index (χ3n) is 4.36. The molecule has 2 atom stereocenters. The van der Waals surface area contributed by atoms with Crippen molar-refractivity contribution in [3.63, 3.8) is 0 Å². The SMILES string of the molecule is C=CCOc1cccc(NC(=O)N2CC3CC=CCC3C2)c1. The molecule has 1 saturated heterocycles. The lowest BCUT2D eigenvalue weighted by Gasteiger charge is -2.17. The first-order valence-corrected chi connectivity index (χ1v) is 7.81. The largest absolute Gasteiger partial charge is 0.489 e. The number of amides is 2. The van der Waals surface area contributed by atoms with Gasteiger partial charge in [-0.05, 0) is 36.8 Å². The maximum atomic E-state index is 12.4. The topological polar surface area (TPSA) is 41.6 Å². The number of allylic oxidation sites excluding steroid dienone is 2. The van der Waals surface area contributed by atoms with Crippen LogP contribution in [-0.2, 0) is 0 Å². The third kappa shape index (κ3) is 3.32. The Balaban J connectivity index is 1.59. The Bertz CT molecular complexity index is 566.